The number of nitrogens with one attached hydrogen (secondary N) is 1. The van der Waals surface area contributed by atoms with E-state index in [1.54, 1.807) is 6.20 Å². The zero-order valence-electron chi connectivity index (χ0n) is 13.8. The molecule has 1 unspecified atom stereocenters. The van der Waals surface area contributed by atoms with Crippen LogP contribution in [0.15, 0.2) is 34.9 Å². The Balaban J connectivity index is 1.88. The first-order chi connectivity index (χ1) is 11.5. The molecule has 1 aliphatic carbocycles. The van der Waals surface area contributed by atoms with Gasteiger partial charge in [0.1, 0.15) is 5.82 Å². The van der Waals surface area contributed by atoms with Crippen molar-refractivity contribution in [2.75, 3.05) is 24.7 Å². The van der Waals surface area contributed by atoms with Crippen LogP contribution in [0.4, 0.5) is 11.5 Å². The standard InChI is InChI=1S/C18H21BrN4O/c1-23(2)17-15(9-12(19)10-21-17)18(24)22-16-5-3-4-11-8-13(20)6-7-14(11)16/h6-10,16H,3-5,20H2,1-2H3,(H,22,24). The van der Waals surface area contributed by atoms with Crippen LogP contribution in [0.1, 0.15) is 40.4 Å². The summed E-state index contributed by atoms with van der Waals surface area (Å²) in [6, 6.07) is 7.76. The molecule has 0 spiro atoms. The van der Waals surface area contributed by atoms with E-state index < -0.39 is 0 Å². The molecule has 1 aromatic heterocycles. The van der Waals surface area contributed by atoms with Gasteiger partial charge in [0.15, 0.2) is 0 Å². The molecule has 126 valence electrons. The van der Waals surface area contributed by atoms with Gasteiger partial charge < -0.3 is 16.0 Å². The SMILES string of the molecule is CN(C)c1ncc(Br)cc1C(=O)NC1CCCc2cc(N)ccc21. The van der Waals surface area contributed by atoms with Crippen LogP contribution in [0.3, 0.4) is 0 Å². The van der Waals surface area contributed by atoms with Gasteiger partial charge in [-0.3, -0.25) is 4.79 Å². The van der Waals surface area contributed by atoms with Crippen LogP contribution in [0.2, 0.25) is 0 Å². The van der Waals surface area contributed by atoms with Crippen molar-refractivity contribution in [3.05, 3.63) is 51.6 Å². The number of pyridine rings is 1. The molecule has 6 heteroatoms. The molecule has 1 aromatic carbocycles. The second kappa shape index (κ2) is 6.81. The molecule has 1 aliphatic rings. The lowest BCUT2D eigenvalue weighted by molar-refractivity contribution is 0.0933. The number of carbonyl (C=O) groups is 1. The third-order valence-corrected chi connectivity index (χ3v) is 4.72. The number of anilines is 2. The minimum atomic E-state index is -0.109. The fourth-order valence-corrected chi connectivity index (χ4v) is 3.51. The number of nitrogens with two attached hydrogens (primary N) is 1. The van der Waals surface area contributed by atoms with E-state index in [1.807, 2.05) is 43.3 Å². The van der Waals surface area contributed by atoms with Gasteiger partial charge in [-0.2, -0.15) is 0 Å². The van der Waals surface area contributed by atoms with E-state index in [2.05, 4.69) is 26.2 Å². The molecule has 0 saturated carbocycles. The average molecular weight is 389 g/mol. The Bertz CT molecular complexity index is 776. The summed E-state index contributed by atoms with van der Waals surface area (Å²) in [5, 5.41) is 3.17. The van der Waals surface area contributed by atoms with Crippen molar-refractivity contribution < 1.29 is 4.79 Å². The number of aromatic nitrogens is 1. The first-order valence-corrected chi connectivity index (χ1v) is 8.77. The highest BCUT2D eigenvalue weighted by atomic mass is 79.9. The van der Waals surface area contributed by atoms with Crippen molar-refractivity contribution in [1.29, 1.82) is 0 Å². The van der Waals surface area contributed by atoms with Crippen LogP contribution in [-0.4, -0.2) is 25.0 Å². The average Bonchev–Trinajstić information content (AvgIpc) is 2.54. The summed E-state index contributed by atoms with van der Waals surface area (Å²) < 4.78 is 0.787. The van der Waals surface area contributed by atoms with Gasteiger partial charge in [-0.05, 0) is 64.5 Å². The second-order valence-electron chi connectivity index (χ2n) is 6.30. The van der Waals surface area contributed by atoms with Gasteiger partial charge in [-0.1, -0.05) is 6.07 Å². The molecule has 0 saturated heterocycles. The van der Waals surface area contributed by atoms with Crippen LogP contribution in [0.25, 0.3) is 0 Å². The Morgan fingerprint density at radius 3 is 2.92 bits per heavy atom. The zero-order valence-corrected chi connectivity index (χ0v) is 15.4. The second-order valence-corrected chi connectivity index (χ2v) is 7.21. The Morgan fingerprint density at radius 1 is 1.38 bits per heavy atom. The number of hydrogen-bond donors (Lipinski definition) is 2. The number of halogens is 1. The van der Waals surface area contributed by atoms with Crippen LogP contribution in [0, 0.1) is 0 Å². The van der Waals surface area contributed by atoms with Crippen molar-refractivity contribution in [3.63, 3.8) is 0 Å². The summed E-state index contributed by atoms with van der Waals surface area (Å²) in [6.45, 7) is 0. The van der Waals surface area contributed by atoms with Crippen LogP contribution in [0.5, 0.6) is 0 Å². The van der Waals surface area contributed by atoms with Gasteiger partial charge in [-0.15, -0.1) is 0 Å². The molecular weight excluding hydrogens is 368 g/mol. The number of fused-ring (bicyclic) bond motifs is 1. The molecule has 0 radical (unpaired) electrons. The molecule has 2 aromatic rings. The lowest BCUT2D eigenvalue weighted by Crippen LogP contribution is -2.32. The first-order valence-electron chi connectivity index (χ1n) is 7.97. The lowest BCUT2D eigenvalue weighted by atomic mass is 9.87. The molecule has 5 nitrogen and oxygen atoms in total. The van der Waals surface area contributed by atoms with Gasteiger partial charge in [0.2, 0.25) is 0 Å². The van der Waals surface area contributed by atoms with Crippen molar-refractivity contribution in [1.82, 2.24) is 10.3 Å². The molecule has 24 heavy (non-hydrogen) atoms. The van der Waals surface area contributed by atoms with E-state index in [0.717, 1.165) is 35.0 Å². The first kappa shape index (κ1) is 16.8. The fraction of sp³-hybridized carbons (Fsp3) is 0.333. The predicted molar refractivity (Wildman–Crippen MR) is 100 cm³/mol. The summed E-state index contributed by atoms with van der Waals surface area (Å²) in [6.07, 6.45) is 4.68. The Morgan fingerprint density at radius 2 is 2.17 bits per heavy atom. The van der Waals surface area contributed by atoms with Gasteiger partial charge >= 0.3 is 0 Å². The number of amides is 1. The van der Waals surface area contributed by atoms with Crippen molar-refractivity contribution in [2.45, 2.75) is 25.3 Å². The maximum atomic E-state index is 12.8. The summed E-state index contributed by atoms with van der Waals surface area (Å²) in [5.41, 5.74) is 9.61. The van der Waals surface area contributed by atoms with E-state index in [4.69, 9.17) is 5.73 Å². The third kappa shape index (κ3) is 3.38. The Hall–Kier alpha value is -2.08. The van der Waals surface area contributed by atoms with E-state index in [-0.39, 0.29) is 11.9 Å². The van der Waals surface area contributed by atoms with E-state index in [0.29, 0.717) is 11.4 Å². The monoisotopic (exact) mass is 388 g/mol. The molecule has 0 fully saturated rings. The highest BCUT2D eigenvalue weighted by molar-refractivity contribution is 9.10. The normalized spacial score (nSPS) is 16.4. The number of nitrogen functional groups attached to an aromatic ring is 1. The summed E-state index contributed by atoms with van der Waals surface area (Å²) in [5.74, 6) is 0.547. The highest BCUT2D eigenvalue weighted by Gasteiger charge is 2.24. The summed E-state index contributed by atoms with van der Waals surface area (Å²) in [7, 11) is 3.76. The quantitative estimate of drug-likeness (QED) is 0.791. The third-order valence-electron chi connectivity index (χ3n) is 4.29. The van der Waals surface area contributed by atoms with E-state index in [9.17, 15) is 4.79 Å². The number of rotatable bonds is 3. The van der Waals surface area contributed by atoms with Crippen molar-refractivity contribution in [3.8, 4) is 0 Å². The predicted octanol–water partition coefficient (Wildman–Crippen LogP) is 3.30. The number of hydrogen-bond acceptors (Lipinski definition) is 4. The largest absolute Gasteiger partial charge is 0.399 e. The van der Waals surface area contributed by atoms with Crippen LogP contribution < -0.4 is 16.0 Å². The molecular formula is C18H21BrN4O. The molecule has 3 rings (SSSR count). The number of aryl methyl sites for hydroxylation is 1. The van der Waals surface area contributed by atoms with Gasteiger partial charge in [-0.25, -0.2) is 4.98 Å². The van der Waals surface area contributed by atoms with E-state index >= 15 is 0 Å². The topological polar surface area (TPSA) is 71.2 Å². The smallest absolute Gasteiger partial charge is 0.255 e. The lowest BCUT2D eigenvalue weighted by Gasteiger charge is -2.27. The van der Waals surface area contributed by atoms with Crippen LogP contribution >= 0.6 is 15.9 Å². The summed E-state index contributed by atoms with van der Waals surface area (Å²) >= 11 is 3.40. The van der Waals surface area contributed by atoms with Crippen LogP contribution in [-0.2, 0) is 6.42 Å². The molecule has 3 N–H and O–H groups in total. The van der Waals surface area contributed by atoms with Gasteiger partial charge in [0.25, 0.3) is 5.91 Å². The number of benzene rings is 1. The molecule has 1 amide bonds. The molecule has 0 aliphatic heterocycles. The Labute approximate surface area is 150 Å². The Kier molecular flexibility index (Phi) is 4.76. The highest BCUT2D eigenvalue weighted by Crippen LogP contribution is 2.31. The number of carbonyl (C=O) groups excluding carboxylic acids is 1. The minimum absolute atomic E-state index is 0.0100. The molecule has 1 heterocycles. The van der Waals surface area contributed by atoms with Crippen molar-refractivity contribution >= 4 is 33.3 Å². The van der Waals surface area contributed by atoms with E-state index in [1.165, 1.54) is 5.56 Å². The maximum Gasteiger partial charge on any atom is 0.255 e. The summed E-state index contributed by atoms with van der Waals surface area (Å²) in [4.78, 5) is 19.0. The van der Waals surface area contributed by atoms with Gasteiger partial charge in [0, 0.05) is 30.5 Å². The maximum absolute atomic E-state index is 12.8. The van der Waals surface area contributed by atoms with Gasteiger partial charge in [0.05, 0.1) is 11.6 Å². The van der Waals surface area contributed by atoms with Crippen molar-refractivity contribution in [2.24, 2.45) is 0 Å². The molecule has 0 bridgehead atoms. The zero-order chi connectivity index (χ0) is 17.3. The fourth-order valence-electron chi connectivity index (χ4n) is 3.18. The molecule has 1 atom stereocenters. The minimum Gasteiger partial charge on any atom is -0.399 e. The number of nitrogens with zero attached hydrogens (tertiary/aromatic N) is 2.